The van der Waals surface area contributed by atoms with E-state index in [4.69, 9.17) is 4.42 Å². The number of fused-ring (bicyclic) bond motifs is 1. The van der Waals surface area contributed by atoms with Crippen molar-refractivity contribution < 1.29 is 4.42 Å². The fraction of sp³-hybridized carbons (Fsp3) is 0.304. The van der Waals surface area contributed by atoms with Crippen molar-refractivity contribution in [3.8, 4) is 11.3 Å². The molecule has 0 bridgehead atoms. The zero-order valence-corrected chi connectivity index (χ0v) is 17.1. The molecule has 0 radical (unpaired) electrons. The van der Waals surface area contributed by atoms with Gasteiger partial charge in [-0.25, -0.2) is 9.97 Å². The number of anilines is 1. The van der Waals surface area contributed by atoms with Gasteiger partial charge in [-0.15, -0.1) is 11.3 Å². The molecule has 1 aliphatic heterocycles. The highest BCUT2D eigenvalue weighted by Gasteiger charge is 2.19. The summed E-state index contributed by atoms with van der Waals surface area (Å²) in [6.45, 7) is 3.04. The van der Waals surface area contributed by atoms with Crippen molar-refractivity contribution >= 4 is 28.1 Å². The fourth-order valence-corrected chi connectivity index (χ4v) is 4.53. The Balaban J connectivity index is 1.12. The molecule has 2 aromatic carbocycles. The van der Waals surface area contributed by atoms with E-state index in [1.807, 2.05) is 29.8 Å². The van der Waals surface area contributed by atoms with E-state index in [0.717, 1.165) is 61.6 Å². The summed E-state index contributed by atoms with van der Waals surface area (Å²) in [7, 11) is 0. The Hall–Kier alpha value is -2.70. The molecule has 2 aromatic heterocycles. The second-order valence-corrected chi connectivity index (χ2v) is 8.18. The Kier molecular flexibility index (Phi) is 5.28. The van der Waals surface area contributed by atoms with Crippen LogP contribution in [0.2, 0.25) is 0 Å². The van der Waals surface area contributed by atoms with Gasteiger partial charge < -0.3 is 14.6 Å². The molecule has 5 nitrogen and oxygen atoms in total. The molecule has 0 unspecified atom stereocenters. The normalized spacial score (nSPS) is 15.2. The molecule has 3 heterocycles. The Labute approximate surface area is 174 Å². The highest BCUT2D eigenvalue weighted by Crippen LogP contribution is 2.26. The molecule has 1 N–H and O–H groups in total. The average molecular weight is 405 g/mol. The van der Waals surface area contributed by atoms with Gasteiger partial charge in [0.25, 0.3) is 0 Å². The zero-order valence-electron chi connectivity index (χ0n) is 16.3. The van der Waals surface area contributed by atoms with Gasteiger partial charge in [0.1, 0.15) is 5.52 Å². The SMILES string of the molecule is c1cc(-c2cscn2)cc(N2CCC(NCCc3nc4ccccc4o3)CC2)c1. The maximum Gasteiger partial charge on any atom is 0.196 e. The maximum absolute atomic E-state index is 5.81. The van der Waals surface area contributed by atoms with E-state index in [-0.39, 0.29) is 0 Å². The molecular weight excluding hydrogens is 380 g/mol. The number of rotatable bonds is 6. The summed E-state index contributed by atoms with van der Waals surface area (Å²) in [5.41, 5.74) is 7.25. The number of hydrogen-bond acceptors (Lipinski definition) is 6. The lowest BCUT2D eigenvalue weighted by Gasteiger charge is -2.34. The van der Waals surface area contributed by atoms with Gasteiger partial charge in [-0.1, -0.05) is 24.3 Å². The van der Waals surface area contributed by atoms with E-state index < -0.39 is 0 Å². The molecule has 5 rings (SSSR count). The minimum atomic E-state index is 0.553. The van der Waals surface area contributed by atoms with Crippen LogP contribution in [0.4, 0.5) is 5.69 Å². The summed E-state index contributed by atoms with van der Waals surface area (Å²) in [5.74, 6) is 0.815. The Bertz CT molecular complexity index is 1030. The van der Waals surface area contributed by atoms with E-state index in [1.54, 1.807) is 11.3 Å². The van der Waals surface area contributed by atoms with Gasteiger partial charge in [0.05, 0.1) is 11.2 Å². The average Bonchev–Trinajstić information content (AvgIpc) is 3.44. The third-order valence-corrected chi connectivity index (χ3v) is 6.13. The number of oxazole rings is 1. The first-order valence-electron chi connectivity index (χ1n) is 10.2. The van der Waals surface area contributed by atoms with Gasteiger partial charge in [0, 0.05) is 48.7 Å². The molecule has 0 atom stereocenters. The van der Waals surface area contributed by atoms with E-state index in [2.05, 4.69) is 49.8 Å². The lowest BCUT2D eigenvalue weighted by Crippen LogP contribution is -2.43. The minimum absolute atomic E-state index is 0.553. The van der Waals surface area contributed by atoms with Crippen molar-refractivity contribution in [3.05, 3.63) is 65.3 Å². The lowest BCUT2D eigenvalue weighted by atomic mass is 10.0. The molecule has 0 spiro atoms. The quantitative estimate of drug-likeness (QED) is 0.502. The van der Waals surface area contributed by atoms with Gasteiger partial charge >= 0.3 is 0 Å². The van der Waals surface area contributed by atoms with Crippen molar-refractivity contribution in [2.45, 2.75) is 25.3 Å². The van der Waals surface area contributed by atoms with Crippen LogP contribution in [-0.2, 0) is 6.42 Å². The van der Waals surface area contributed by atoms with E-state index in [1.165, 1.54) is 11.3 Å². The first-order valence-corrected chi connectivity index (χ1v) is 11.1. The Morgan fingerprint density at radius 2 is 2.00 bits per heavy atom. The van der Waals surface area contributed by atoms with Crippen molar-refractivity contribution in [3.63, 3.8) is 0 Å². The molecular formula is C23H24N4OS. The van der Waals surface area contributed by atoms with E-state index in [9.17, 15) is 0 Å². The van der Waals surface area contributed by atoms with Crippen molar-refractivity contribution in [2.24, 2.45) is 0 Å². The molecule has 1 fully saturated rings. The van der Waals surface area contributed by atoms with Gasteiger partial charge in [-0.3, -0.25) is 0 Å². The molecule has 1 saturated heterocycles. The van der Waals surface area contributed by atoms with Gasteiger partial charge in [-0.2, -0.15) is 0 Å². The molecule has 29 heavy (non-hydrogen) atoms. The molecule has 6 heteroatoms. The molecule has 0 aliphatic carbocycles. The minimum Gasteiger partial charge on any atom is -0.441 e. The number of benzene rings is 2. The van der Waals surface area contributed by atoms with Crippen LogP contribution in [0.5, 0.6) is 0 Å². The van der Waals surface area contributed by atoms with Gasteiger partial charge in [0.15, 0.2) is 11.5 Å². The molecule has 0 saturated carbocycles. The summed E-state index contributed by atoms with van der Waals surface area (Å²) in [4.78, 5) is 11.5. The smallest absolute Gasteiger partial charge is 0.196 e. The molecule has 148 valence electrons. The van der Waals surface area contributed by atoms with Crippen molar-refractivity contribution in [1.82, 2.24) is 15.3 Å². The number of hydrogen-bond donors (Lipinski definition) is 1. The molecule has 0 amide bonds. The van der Waals surface area contributed by atoms with Crippen molar-refractivity contribution in [1.29, 1.82) is 0 Å². The zero-order chi connectivity index (χ0) is 19.5. The molecule has 4 aromatic rings. The fourth-order valence-electron chi connectivity index (χ4n) is 3.97. The summed E-state index contributed by atoms with van der Waals surface area (Å²) in [6.07, 6.45) is 3.12. The van der Waals surface area contributed by atoms with Crippen molar-refractivity contribution in [2.75, 3.05) is 24.5 Å². The number of thiazole rings is 1. The van der Waals surface area contributed by atoms with Crippen LogP contribution in [0.15, 0.2) is 63.8 Å². The summed E-state index contributed by atoms with van der Waals surface area (Å²) >= 11 is 1.64. The van der Waals surface area contributed by atoms with Crippen LogP contribution in [0, 0.1) is 0 Å². The summed E-state index contributed by atoms with van der Waals surface area (Å²) in [5, 5.41) is 5.79. The first kappa shape index (κ1) is 18.3. The number of nitrogens with zero attached hydrogens (tertiary/aromatic N) is 3. The molecule has 1 aliphatic rings. The third-order valence-electron chi connectivity index (χ3n) is 5.54. The number of para-hydroxylation sites is 2. The number of nitrogens with one attached hydrogen (secondary N) is 1. The third kappa shape index (κ3) is 4.18. The lowest BCUT2D eigenvalue weighted by molar-refractivity contribution is 0.408. The van der Waals surface area contributed by atoms with E-state index in [0.29, 0.717) is 6.04 Å². The summed E-state index contributed by atoms with van der Waals surface area (Å²) in [6, 6.07) is 17.2. The standard InChI is InChI=1S/C23H24N4OS/c1-2-7-22-20(6-1)26-23(28-22)8-11-24-18-9-12-27(13-10-18)19-5-3-4-17(14-19)21-15-29-16-25-21/h1-7,14-16,18,24H,8-13H2. The monoisotopic (exact) mass is 404 g/mol. The van der Waals surface area contributed by atoms with Gasteiger partial charge in [0.2, 0.25) is 0 Å². The second-order valence-electron chi connectivity index (χ2n) is 7.46. The van der Waals surface area contributed by atoms with Crippen LogP contribution in [0.1, 0.15) is 18.7 Å². The first-order chi connectivity index (χ1) is 14.3. The highest BCUT2D eigenvalue weighted by atomic mass is 32.1. The predicted molar refractivity (Wildman–Crippen MR) is 119 cm³/mol. The van der Waals surface area contributed by atoms with Crippen LogP contribution in [-0.4, -0.2) is 35.6 Å². The highest BCUT2D eigenvalue weighted by molar-refractivity contribution is 7.07. The van der Waals surface area contributed by atoms with Crippen LogP contribution >= 0.6 is 11.3 Å². The Morgan fingerprint density at radius 3 is 2.83 bits per heavy atom. The van der Waals surface area contributed by atoms with Gasteiger partial charge in [-0.05, 0) is 37.1 Å². The van der Waals surface area contributed by atoms with Crippen LogP contribution < -0.4 is 10.2 Å². The maximum atomic E-state index is 5.81. The number of piperidine rings is 1. The number of aromatic nitrogens is 2. The van der Waals surface area contributed by atoms with E-state index >= 15 is 0 Å². The van der Waals surface area contributed by atoms with Crippen LogP contribution in [0.25, 0.3) is 22.4 Å². The summed E-state index contributed by atoms with van der Waals surface area (Å²) < 4.78 is 5.81. The predicted octanol–water partition coefficient (Wildman–Crippen LogP) is 4.75. The Morgan fingerprint density at radius 1 is 1.10 bits per heavy atom. The largest absolute Gasteiger partial charge is 0.441 e. The van der Waals surface area contributed by atoms with Crippen LogP contribution in [0.3, 0.4) is 0 Å². The topological polar surface area (TPSA) is 54.2 Å². The second kappa shape index (κ2) is 8.35.